The van der Waals surface area contributed by atoms with Gasteiger partial charge in [-0.1, -0.05) is 6.07 Å². The molecule has 0 saturated heterocycles. The highest BCUT2D eigenvalue weighted by Crippen LogP contribution is 2.38. The molecular formula is C17H16O5. The van der Waals surface area contributed by atoms with E-state index in [4.69, 9.17) is 0 Å². The Morgan fingerprint density at radius 3 is 2.50 bits per heavy atom. The molecule has 114 valence electrons. The topological polar surface area (TPSA) is 98.0 Å². The van der Waals surface area contributed by atoms with Gasteiger partial charge in [0.1, 0.15) is 11.5 Å². The molecule has 0 bridgehead atoms. The van der Waals surface area contributed by atoms with Crippen LogP contribution in [0.5, 0.6) is 23.0 Å². The monoisotopic (exact) mass is 300 g/mol. The minimum atomic E-state index is -0.299. The Morgan fingerprint density at radius 2 is 1.77 bits per heavy atom. The van der Waals surface area contributed by atoms with Crippen LogP contribution in [0.25, 0.3) is 0 Å². The molecule has 3 rings (SSSR count). The second kappa shape index (κ2) is 5.26. The number of benzene rings is 2. The van der Waals surface area contributed by atoms with Crippen LogP contribution < -0.4 is 0 Å². The van der Waals surface area contributed by atoms with Gasteiger partial charge in [0.2, 0.25) is 0 Å². The van der Waals surface area contributed by atoms with E-state index >= 15 is 0 Å². The summed E-state index contributed by atoms with van der Waals surface area (Å²) in [5.41, 5.74) is 1.70. The Hall–Kier alpha value is -2.69. The number of fused-ring (bicyclic) bond motifs is 1. The normalized spacial score (nSPS) is 17.0. The van der Waals surface area contributed by atoms with Crippen LogP contribution in [0.3, 0.4) is 0 Å². The van der Waals surface area contributed by atoms with E-state index in [0.29, 0.717) is 24.8 Å². The van der Waals surface area contributed by atoms with E-state index in [1.54, 1.807) is 6.07 Å². The quantitative estimate of drug-likeness (QED) is 0.504. The standard InChI is InChI=1S/C17H16O5/c18-11-3-5-13(15(20)8-11)16(21)10-1-4-12-9(7-10)2-6-14(19)17(12)22/h2-3,5-6,8,10,18-20,22H,1,4,7H2. The molecule has 0 spiro atoms. The van der Waals surface area contributed by atoms with Crippen LogP contribution in [-0.4, -0.2) is 26.2 Å². The number of phenols is 4. The Balaban J connectivity index is 1.88. The zero-order valence-corrected chi connectivity index (χ0v) is 11.8. The van der Waals surface area contributed by atoms with Gasteiger partial charge in [-0.25, -0.2) is 0 Å². The Bertz CT molecular complexity index is 751. The first-order chi connectivity index (χ1) is 10.5. The van der Waals surface area contributed by atoms with Gasteiger partial charge in [0, 0.05) is 17.5 Å². The van der Waals surface area contributed by atoms with Crippen molar-refractivity contribution in [2.75, 3.05) is 0 Å². The van der Waals surface area contributed by atoms with Gasteiger partial charge < -0.3 is 20.4 Å². The molecule has 0 heterocycles. The molecule has 0 aliphatic heterocycles. The fourth-order valence-corrected chi connectivity index (χ4v) is 2.99. The zero-order valence-electron chi connectivity index (χ0n) is 11.8. The average Bonchev–Trinajstić information content (AvgIpc) is 2.50. The summed E-state index contributed by atoms with van der Waals surface area (Å²) in [7, 11) is 0. The molecule has 1 aliphatic rings. The van der Waals surface area contributed by atoms with Gasteiger partial charge >= 0.3 is 0 Å². The third-order valence-electron chi connectivity index (χ3n) is 4.19. The lowest BCUT2D eigenvalue weighted by atomic mass is 9.79. The van der Waals surface area contributed by atoms with E-state index in [1.807, 2.05) is 0 Å². The first kappa shape index (κ1) is 14.3. The number of hydrogen-bond acceptors (Lipinski definition) is 5. The Labute approximate surface area is 127 Å². The summed E-state index contributed by atoms with van der Waals surface area (Å²) in [4.78, 5) is 12.5. The minimum absolute atomic E-state index is 0.0940. The highest BCUT2D eigenvalue weighted by Gasteiger charge is 2.29. The molecule has 5 nitrogen and oxygen atoms in total. The molecule has 1 atom stereocenters. The van der Waals surface area contributed by atoms with E-state index in [9.17, 15) is 25.2 Å². The molecule has 2 aromatic carbocycles. The molecule has 1 aliphatic carbocycles. The molecule has 0 fully saturated rings. The van der Waals surface area contributed by atoms with Gasteiger partial charge in [-0.15, -0.1) is 0 Å². The summed E-state index contributed by atoms with van der Waals surface area (Å²) in [5, 5.41) is 38.5. The van der Waals surface area contributed by atoms with Crippen molar-refractivity contribution in [1.29, 1.82) is 0 Å². The lowest BCUT2D eigenvalue weighted by molar-refractivity contribution is 0.0905. The third kappa shape index (κ3) is 2.35. The fraction of sp³-hybridized carbons (Fsp3) is 0.235. The van der Waals surface area contributed by atoms with Crippen molar-refractivity contribution >= 4 is 5.78 Å². The maximum absolute atomic E-state index is 12.5. The summed E-state index contributed by atoms with van der Waals surface area (Å²) in [6, 6.07) is 7.05. The fourth-order valence-electron chi connectivity index (χ4n) is 2.99. The molecule has 4 N–H and O–H groups in total. The third-order valence-corrected chi connectivity index (χ3v) is 4.19. The predicted molar refractivity (Wildman–Crippen MR) is 79.4 cm³/mol. The van der Waals surface area contributed by atoms with Gasteiger partial charge in [-0.3, -0.25) is 4.79 Å². The summed E-state index contributed by atoms with van der Waals surface area (Å²) in [5.74, 6) is -1.08. The predicted octanol–water partition coefficient (Wildman–Crippen LogP) is 2.50. The van der Waals surface area contributed by atoms with Crippen LogP contribution in [0.15, 0.2) is 30.3 Å². The summed E-state index contributed by atoms with van der Waals surface area (Å²) in [6.07, 6.45) is 1.47. The number of rotatable bonds is 2. The van der Waals surface area contributed by atoms with E-state index in [1.165, 1.54) is 18.2 Å². The van der Waals surface area contributed by atoms with Crippen molar-refractivity contribution in [3.63, 3.8) is 0 Å². The van der Waals surface area contributed by atoms with Crippen LogP contribution >= 0.6 is 0 Å². The summed E-state index contributed by atoms with van der Waals surface area (Å²) >= 11 is 0. The number of carbonyl (C=O) groups excluding carboxylic acids is 1. The van der Waals surface area contributed by atoms with Crippen molar-refractivity contribution < 1.29 is 25.2 Å². The van der Waals surface area contributed by atoms with E-state index in [-0.39, 0.29) is 40.3 Å². The maximum Gasteiger partial charge on any atom is 0.170 e. The van der Waals surface area contributed by atoms with Crippen LogP contribution in [-0.2, 0) is 12.8 Å². The number of aromatic hydroxyl groups is 4. The van der Waals surface area contributed by atoms with Crippen molar-refractivity contribution in [2.24, 2.45) is 5.92 Å². The van der Waals surface area contributed by atoms with Crippen LogP contribution in [0.1, 0.15) is 27.9 Å². The molecule has 1 unspecified atom stereocenters. The molecule has 22 heavy (non-hydrogen) atoms. The Morgan fingerprint density at radius 1 is 1.00 bits per heavy atom. The van der Waals surface area contributed by atoms with E-state index in [2.05, 4.69) is 0 Å². The highest BCUT2D eigenvalue weighted by atomic mass is 16.3. The Kier molecular flexibility index (Phi) is 3.41. The second-order valence-electron chi connectivity index (χ2n) is 5.58. The number of phenolic OH excluding ortho intramolecular Hbond substituents is 4. The van der Waals surface area contributed by atoms with E-state index in [0.717, 1.165) is 11.6 Å². The SMILES string of the molecule is O=C(c1ccc(O)cc1O)C1CCc2c(ccc(O)c2O)C1. The molecular weight excluding hydrogens is 284 g/mol. The number of carbonyl (C=O) groups is 1. The van der Waals surface area contributed by atoms with Gasteiger partial charge in [0.25, 0.3) is 0 Å². The van der Waals surface area contributed by atoms with Crippen LogP contribution in [0.4, 0.5) is 0 Å². The molecule has 2 aromatic rings. The average molecular weight is 300 g/mol. The van der Waals surface area contributed by atoms with Crippen molar-refractivity contribution in [3.05, 3.63) is 47.0 Å². The lowest BCUT2D eigenvalue weighted by Crippen LogP contribution is -2.23. The molecule has 0 radical (unpaired) electrons. The largest absolute Gasteiger partial charge is 0.508 e. The first-order valence-electron chi connectivity index (χ1n) is 7.06. The molecule has 5 heteroatoms. The smallest absolute Gasteiger partial charge is 0.170 e. The van der Waals surface area contributed by atoms with E-state index < -0.39 is 0 Å². The second-order valence-corrected chi connectivity index (χ2v) is 5.58. The highest BCUT2D eigenvalue weighted by molar-refractivity contribution is 6.00. The summed E-state index contributed by atoms with van der Waals surface area (Å²) in [6.45, 7) is 0. The maximum atomic E-state index is 12.5. The van der Waals surface area contributed by atoms with Gasteiger partial charge in [-0.2, -0.15) is 0 Å². The number of hydrogen-bond donors (Lipinski definition) is 4. The molecule has 0 aromatic heterocycles. The van der Waals surface area contributed by atoms with Crippen molar-refractivity contribution in [1.82, 2.24) is 0 Å². The van der Waals surface area contributed by atoms with Gasteiger partial charge in [0.15, 0.2) is 17.3 Å². The van der Waals surface area contributed by atoms with Crippen molar-refractivity contribution in [2.45, 2.75) is 19.3 Å². The van der Waals surface area contributed by atoms with Gasteiger partial charge in [-0.05, 0) is 43.0 Å². The van der Waals surface area contributed by atoms with Crippen LogP contribution in [0, 0.1) is 5.92 Å². The zero-order chi connectivity index (χ0) is 15.9. The number of ketones is 1. The first-order valence-corrected chi connectivity index (χ1v) is 7.06. The van der Waals surface area contributed by atoms with Gasteiger partial charge in [0.05, 0.1) is 5.56 Å². The lowest BCUT2D eigenvalue weighted by Gasteiger charge is -2.24. The molecule has 0 amide bonds. The van der Waals surface area contributed by atoms with Crippen LogP contribution in [0.2, 0.25) is 0 Å². The number of Topliss-reactive ketones (excluding diaryl/α,β-unsaturated/α-hetero) is 1. The van der Waals surface area contributed by atoms with Crippen molar-refractivity contribution in [3.8, 4) is 23.0 Å². The minimum Gasteiger partial charge on any atom is -0.508 e. The summed E-state index contributed by atoms with van der Waals surface area (Å²) < 4.78 is 0. The molecule has 0 saturated carbocycles.